The fourth-order valence-electron chi connectivity index (χ4n) is 2.26. The molecule has 26 heavy (non-hydrogen) atoms. The number of nitrogens with one attached hydrogen (secondary N) is 1. The Morgan fingerprint density at radius 1 is 1.27 bits per heavy atom. The molecule has 1 unspecified atom stereocenters. The number of hydrogen-bond donors (Lipinski definition) is 3. The molecule has 4 N–H and O–H groups in total. The molecule has 0 radical (unpaired) electrons. The summed E-state index contributed by atoms with van der Waals surface area (Å²) in [5, 5.41) is -0.397. The van der Waals surface area contributed by atoms with E-state index < -0.39 is 36.8 Å². The number of rotatable bonds is 5. The van der Waals surface area contributed by atoms with Gasteiger partial charge in [0.2, 0.25) is 10.0 Å². The predicted molar refractivity (Wildman–Crippen MR) is 96.3 cm³/mol. The van der Waals surface area contributed by atoms with Crippen molar-refractivity contribution >= 4 is 26.0 Å². The first-order valence-electron chi connectivity index (χ1n) is 7.92. The molecule has 10 heteroatoms. The highest BCUT2D eigenvalue weighted by Crippen LogP contribution is 2.42. The van der Waals surface area contributed by atoms with Crippen molar-refractivity contribution in [2.45, 2.75) is 41.9 Å². The number of benzene rings is 1. The molecule has 1 aromatic carbocycles. The minimum atomic E-state index is -4.02. The highest BCUT2D eigenvalue weighted by atomic mass is 32.2. The average molecular weight is 402 g/mol. The lowest BCUT2D eigenvalue weighted by Crippen LogP contribution is -2.47. The first kappa shape index (κ1) is 20.6. The minimum absolute atomic E-state index is 0.0666. The lowest BCUT2D eigenvalue weighted by Gasteiger charge is -2.11. The van der Waals surface area contributed by atoms with Gasteiger partial charge in [0.15, 0.2) is 0 Å². The number of sulfonamides is 1. The van der Waals surface area contributed by atoms with Gasteiger partial charge in [0.1, 0.15) is 5.54 Å². The van der Waals surface area contributed by atoms with Crippen LogP contribution in [-0.4, -0.2) is 38.1 Å². The van der Waals surface area contributed by atoms with Gasteiger partial charge in [0.25, 0.3) is 16.0 Å². The molecule has 1 aromatic rings. The molecular formula is C16H22N2O6S2. The third-order valence-corrected chi connectivity index (χ3v) is 6.97. The summed E-state index contributed by atoms with van der Waals surface area (Å²) in [6, 6.07) is 5.99. The first-order chi connectivity index (χ1) is 11.9. The number of nitrogens with two attached hydrogens (primary N) is 1. The monoisotopic (exact) mass is 402 g/mol. The second-order valence-corrected chi connectivity index (χ2v) is 9.93. The molecule has 1 amide bonds. The van der Waals surface area contributed by atoms with Crippen molar-refractivity contribution in [1.29, 1.82) is 0 Å². The molecule has 2 aliphatic carbocycles. The summed E-state index contributed by atoms with van der Waals surface area (Å²) in [5.74, 6) is -0.703. The van der Waals surface area contributed by atoms with E-state index >= 15 is 0 Å². The molecule has 3 rings (SSSR count). The zero-order chi connectivity index (χ0) is 19.8. The summed E-state index contributed by atoms with van der Waals surface area (Å²) in [5.41, 5.74) is 5.63. The summed E-state index contributed by atoms with van der Waals surface area (Å²) < 4.78 is 54.5. The first-order valence-corrected chi connectivity index (χ1v) is 10.9. The molecule has 0 saturated heterocycles. The Hall–Kier alpha value is -1.75. The van der Waals surface area contributed by atoms with Crippen LogP contribution >= 0.6 is 0 Å². The Labute approximate surface area is 153 Å². The van der Waals surface area contributed by atoms with Crippen LogP contribution in [-0.2, 0) is 24.9 Å². The summed E-state index contributed by atoms with van der Waals surface area (Å²) in [6.45, 7) is 5.38. The van der Waals surface area contributed by atoms with Crippen molar-refractivity contribution in [3.63, 3.8) is 0 Å². The van der Waals surface area contributed by atoms with Crippen LogP contribution in [0.15, 0.2) is 41.8 Å². The SMILES string of the molecule is C=CC1C[C@]1(N)C(=O)NS(=O)(=O)C1CC1.Cc1ccc(S(=O)(=O)O)cc1. The highest BCUT2D eigenvalue weighted by Gasteiger charge is 2.56. The van der Waals surface area contributed by atoms with Crippen LogP contribution in [0.4, 0.5) is 0 Å². The van der Waals surface area contributed by atoms with Gasteiger partial charge in [-0.25, -0.2) is 8.42 Å². The standard InChI is InChI=1S/C9H14N2O3S.C7H8O3S/c1-2-6-5-9(6,10)8(12)11-15(13,14)7-3-4-7;1-6-2-4-7(5-3-6)11(8,9)10/h2,6-7H,1,3-5,10H2,(H,11,12);2-5H,1H3,(H,8,9,10)/t6?,9-;/m1./s1. The second kappa shape index (κ2) is 7.10. The molecule has 2 fully saturated rings. The van der Waals surface area contributed by atoms with Crippen LogP contribution in [0.25, 0.3) is 0 Å². The van der Waals surface area contributed by atoms with Gasteiger partial charge in [0, 0.05) is 5.92 Å². The van der Waals surface area contributed by atoms with Crippen LogP contribution in [0.1, 0.15) is 24.8 Å². The van der Waals surface area contributed by atoms with Crippen LogP contribution in [0, 0.1) is 12.8 Å². The number of aryl methyl sites for hydroxylation is 1. The van der Waals surface area contributed by atoms with Gasteiger partial charge in [-0.1, -0.05) is 23.8 Å². The quantitative estimate of drug-likeness (QED) is 0.487. The molecule has 2 saturated carbocycles. The van der Waals surface area contributed by atoms with E-state index in [9.17, 15) is 21.6 Å². The smallest absolute Gasteiger partial charge is 0.294 e. The lowest BCUT2D eigenvalue weighted by molar-refractivity contribution is -0.121. The molecule has 0 spiro atoms. The Bertz CT molecular complexity index is 905. The van der Waals surface area contributed by atoms with Crippen LogP contribution in [0.5, 0.6) is 0 Å². The Kier molecular flexibility index (Phi) is 5.62. The van der Waals surface area contributed by atoms with Gasteiger partial charge in [-0.05, 0) is 38.3 Å². The normalized spacial score (nSPS) is 24.8. The summed E-state index contributed by atoms with van der Waals surface area (Å²) >= 11 is 0. The zero-order valence-electron chi connectivity index (χ0n) is 14.3. The van der Waals surface area contributed by atoms with Crippen molar-refractivity contribution < 1.29 is 26.2 Å². The van der Waals surface area contributed by atoms with Gasteiger partial charge in [0.05, 0.1) is 10.1 Å². The number of amides is 1. The molecule has 0 aromatic heterocycles. The maximum absolute atomic E-state index is 11.6. The number of carbonyl (C=O) groups excluding carboxylic acids is 1. The molecule has 144 valence electrons. The molecule has 2 aliphatic rings. The topological polar surface area (TPSA) is 144 Å². The fraction of sp³-hybridized carbons (Fsp3) is 0.438. The minimum Gasteiger partial charge on any atom is -0.317 e. The van der Waals surface area contributed by atoms with E-state index in [1.165, 1.54) is 12.1 Å². The van der Waals surface area contributed by atoms with Gasteiger partial charge in [-0.3, -0.25) is 14.1 Å². The number of hydrogen-bond acceptors (Lipinski definition) is 6. The van der Waals surface area contributed by atoms with E-state index in [4.69, 9.17) is 10.3 Å². The third kappa shape index (κ3) is 4.91. The van der Waals surface area contributed by atoms with Crippen molar-refractivity contribution in [3.8, 4) is 0 Å². The average Bonchev–Trinajstić information content (AvgIpc) is 3.42. The van der Waals surface area contributed by atoms with Gasteiger partial charge in [-0.15, -0.1) is 6.58 Å². The summed E-state index contributed by atoms with van der Waals surface area (Å²) in [4.78, 5) is 11.5. The predicted octanol–water partition coefficient (Wildman–Crippen LogP) is 0.740. The van der Waals surface area contributed by atoms with Crippen molar-refractivity contribution in [2.75, 3.05) is 0 Å². The fourth-order valence-corrected chi connectivity index (χ4v) is 4.11. The van der Waals surface area contributed by atoms with E-state index in [0.29, 0.717) is 19.3 Å². The Balaban J connectivity index is 0.000000197. The van der Waals surface area contributed by atoms with Crippen LogP contribution in [0.2, 0.25) is 0 Å². The zero-order valence-corrected chi connectivity index (χ0v) is 15.9. The Morgan fingerprint density at radius 3 is 2.19 bits per heavy atom. The number of carbonyl (C=O) groups is 1. The third-order valence-electron chi connectivity index (χ3n) is 4.28. The lowest BCUT2D eigenvalue weighted by atomic mass is 10.2. The van der Waals surface area contributed by atoms with Gasteiger partial charge < -0.3 is 5.73 Å². The molecular weight excluding hydrogens is 380 g/mol. The molecule has 2 atom stereocenters. The van der Waals surface area contributed by atoms with Crippen LogP contribution < -0.4 is 10.5 Å². The molecule has 0 bridgehead atoms. The summed E-state index contributed by atoms with van der Waals surface area (Å²) in [6.07, 6.45) is 3.32. The molecule has 0 aliphatic heterocycles. The largest absolute Gasteiger partial charge is 0.317 e. The second-order valence-electron chi connectivity index (χ2n) is 6.55. The maximum atomic E-state index is 11.6. The summed E-state index contributed by atoms with van der Waals surface area (Å²) in [7, 11) is -7.49. The van der Waals surface area contributed by atoms with Crippen molar-refractivity contribution in [1.82, 2.24) is 4.72 Å². The van der Waals surface area contributed by atoms with E-state index in [2.05, 4.69) is 6.58 Å². The Morgan fingerprint density at radius 2 is 1.81 bits per heavy atom. The van der Waals surface area contributed by atoms with E-state index in [1.54, 1.807) is 18.2 Å². The van der Waals surface area contributed by atoms with E-state index in [-0.39, 0.29) is 10.8 Å². The van der Waals surface area contributed by atoms with Gasteiger partial charge in [-0.2, -0.15) is 8.42 Å². The van der Waals surface area contributed by atoms with Gasteiger partial charge >= 0.3 is 0 Å². The van der Waals surface area contributed by atoms with Crippen molar-refractivity contribution in [2.24, 2.45) is 11.7 Å². The van der Waals surface area contributed by atoms with E-state index in [1.807, 2.05) is 11.6 Å². The van der Waals surface area contributed by atoms with Crippen LogP contribution in [0.3, 0.4) is 0 Å². The maximum Gasteiger partial charge on any atom is 0.294 e. The van der Waals surface area contributed by atoms with E-state index in [0.717, 1.165) is 5.56 Å². The molecule has 8 nitrogen and oxygen atoms in total. The molecule has 0 heterocycles. The van der Waals surface area contributed by atoms with Crippen molar-refractivity contribution in [3.05, 3.63) is 42.5 Å². The highest BCUT2D eigenvalue weighted by molar-refractivity contribution is 7.91.